The van der Waals surface area contributed by atoms with E-state index in [9.17, 15) is 4.80 Å². The predicted octanol–water partition coefficient (Wildman–Crippen LogP) is 4.41. The van der Waals surface area contributed by atoms with Crippen molar-refractivity contribution in [1.82, 2.24) is 4.98 Å². The van der Waals surface area contributed by atoms with E-state index in [-0.39, 0.29) is 5.04 Å². The van der Waals surface area contributed by atoms with Crippen LogP contribution in [0.3, 0.4) is 0 Å². The molecular weight excluding hydrogens is 274 g/mol. The van der Waals surface area contributed by atoms with Gasteiger partial charge < -0.3 is 4.80 Å². The summed E-state index contributed by atoms with van der Waals surface area (Å²) in [6.07, 6.45) is 2.60. The molecule has 0 saturated heterocycles. The van der Waals surface area contributed by atoms with Crippen molar-refractivity contribution in [3.05, 3.63) is 41.0 Å². The molecule has 1 heterocycles. The van der Waals surface area contributed by atoms with Crippen LogP contribution in [0.1, 0.15) is 19.4 Å². The molecule has 1 aromatic carbocycles. The summed E-state index contributed by atoms with van der Waals surface area (Å²) in [6.45, 7) is 8.22. The second-order valence-corrected chi connectivity index (χ2v) is 11.1. The van der Waals surface area contributed by atoms with Gasteiger partial charge in [-0.2, -0.15) is 0 Å². The van der Waals surface area contributed by atoms with Crippen LogP contribution in [0.15, 0.2) is 30.5 Å². The summed E-state index contributed by atoms with van der Waals surface area (Å²) in [5, 5.41) is 1.60. The third-order valence-electron chi connectivity index (χ3n) is 4.09. The minimum atomic E-state index is -2.23. The maximum absolute atomic E-state index is 10.4. The van der Waals surface area contributed by atoms with Crippen LogP contribution >= 0.6 is 11.6 Å². The van der Waals surface area contributed by atoms with E-state index in [1.807, 2.05) is 37.4 Å². The number of fused-ring (bicyclic) bond motifs is 1. The van der Waals surface area contributed by atoms with Crippen molar-refractivity contribution in [3.8, 4) is 0 Å². The van der Waals surface area contributed by atoms with Gasteiger partial charge in [0.25, 0.3) is 0 Å². The van der Waals surface area contributed by atoms with Gasteiger partial charge in [0.05, 0.1) is 5.52 Å². The van der Waals surface area contributed by atoms with Crippen molar-refractivity contribution in [1.29, 1.82) is 0 Å². The third kappa shape index (κ3) is 2.83. The molecule has 0 radical (unpaired) electrons. The number of benzene rings is 1. The van der Waals surface area contributed by atoms with Gasteiger partial charge in [-0.05, 0) is 48.3 Å². The number of pyridine rings is 1. The smallest absolute Gasteiger partial charge is 0.188 e. The Balaban J connectivity index is 2.51. The highest BCUT2D eigenvalue weighted by Crippen LogP contribution is 2.40. The predicted molar refractivity (Wildman–Crippen MR) is 84.2 cm³/mol. The van der Waals surface area contributed by atoms with Crippen molar-refractivity contribution < 1.29 is 4.80 Å². The van der Waals surface area contributed by atoms with Gasteiger partial charge in [0.15, 0.2) is 8.32 Å². The molecule has 19 heavy (non-hydrogen) atoms. The first kappa shape index (κ1) is 14.5. The molecule has 102 valence electrons. The maximum atomic E-state index is 10.4. The number of aromatic nitrogens is 1. The molecule has 0 aliphatic carbocycles. The molecule has 0 unspecified atom stereocenters. The lowest BCUT2D eigenvalue weighted by Gasteiger charge is -2.35. The van der Waals surface area contributed by atoms with Gasteiger partial charge in [-0.25, -0.2) is 0 Å². The summed E-state index contributed by atoms with van der Waals surface area (Å²) < 4.78 is 0. The molecule has 0 spiro atoms. The SMILES string of the molecule is CC(C)(Cc1ccc(Cl)c2cccnc12)[Si](C)(C)O. The van der Waals surface area contributed by atoms with Crippen molar-refractivity contribution in [2.75, 3.05) is 0 Å². The second-order valence-electron chi connectivity index (χ2n) is 6.23. The first-order valence-corrected chi connectivity index (χ1v) is 9.79. The van der Waals surface area contributed by atoms with Crippen LogP contribution in [0, 0.1) is 0 Å². The molecule has 0 atom stereocenters. The Morgan fingerprint density at radius 1 is 1.26 bits per heavy atom. The first-order valence-electron chi connectivity index (χ1n) is 6.47. The van der Waals surface area contributed by atoms with Gasteiger partial charge in [0.2, 0.25) is 0 Å². The largest absolute Gasteiger partial charge is 0.432 e. The van der Waals surface area contributed by atoms with Crippen LogP contribution in [0.2, 0.25) is 23.2 Å². The molecule has 1 aromatic heterocycles. The van der Waals surface area contributed by atoms with E-state index >= 15 is 0 Å². The molecule has 2 aromatic rings. The summed E-state index contributed by atoms with van der Waals surface area (Å²) in [7, 11) is -2.23. The van der Waals surface area contributed by atoms with Gasteiger partial charge in [0, 0.05) is 16.6 Å². The Bertz CT molecular complexity index is 605. The second kappa shape index (κ2) is 4.89. The van der Waals surface area contributed by atoms with Crippen molar-refractivity contribution in [3.63, 3.8) is 0 Å². The van der Waals surface area contributed by atoms with E-state index < -0.39 is 8.32 Å². The minimum absolute atomic E-state index is 0.106. The average molecular weight is 294 g/mol. The Morgan fingerprint density at radius 2 is 1.95 bits per heavy atom. The molecule has 0 saturated carbocycles. The quantitative estimate of drug-likeness (QED) is 0.851. The highest BCUT2D eigenvalue weighted by atomic mass is 35.5. The number of rotatable bonds is 3. The van der Waals surface area contributed by atoms with E-state index in [1.165, 1.54) is 0 Å². The van der Waals surface area contributed by atoms with Crippen LogP contribution < -0.4 is 0 Å². The van der Waals surface area contributed by atoms with Crippen LogP contribution in [0.4, 0.5) is 0 Å². The number of hydrogen-bond donors (Lipinski definition) is 1. The fraction of sp³-hybridized carbons (Fsp3) is 0.400. The van der Waals surface area contributed by atoms with E-state index in [0.29, 0.717) is 0 Å². The molecule has 1 N–H and O–H groups in total. The lowest BCUT2D eigenvalue weighted by molar-refractivity contribution is 0.468. The highest BCUT2D eigenvalue weighted by Gasteiger charge is 2.38. The highest BCUT2D eigenvalue weighted by molar-refractivity contribution is 6.72. The molecule has 0 aliphatic rings. The first-order chi connectivity index (χ1) is 8.72. The van der Waals surface area contributed by atoms with E-state index in [2.05, 4.69) is 18.8 Å². The fourth-order valence-electron chi connectivity index (χ4n) is 2.03. The van der Waals surface area contributed by atoms with E-state index in [0.717, 1.165) is 27.9 Å². The Morgan fingerprint density at radius 3 is 2.58 bits per heavy atom. The van der Waals surface area contributed by atoms with Crippen molar-refractivity contribution >= 4 is 30.8 Å². The fourth-order valence-corrected chi connectivity index (χ4v) is 2.87. The number of nitrogens with zero attached hydrogens (tertiary/aromatic N) is 1. The van der Waals surface area contributed by atoms with Crippen molar-refractivity contribution in [2.45, 2.75) is 38.4 Å². The minimum Gasteiger partial charge on any atom is -0.432 e. The van der Waals surface area contributed by atoms with Crippen LogP contribution in [0.5, 0.6) is 0 Å². The monoisotopic (exact) mass is 293 g/mol. The number of hydrogen-bond acceptors (Lipinski definition) is 2. The van der Waals surface area contributed by atoms with Crippen LogP contribution in [-0.2, 0) is 6.42 Å². The summed E-state index contributed by atoms with van der Waals surface area (Å²) in [5.41, 5.74) is 2.10. The Kier molecular flexibility index (Phi) is 3.73. The maximum Gasteiger partial charge on any atom is 0.188 e. The molecule has 4 heteroatoms. The van der Waals surface area contributed by atoms with Gasteiger partial charge in [0.1, 0.15) is 0 Å². The van der Waals surface area contributed by atoms with E-state index in [4.69, 9.17) is 11.6 Å². The molecule has 2 rings (SSSR count). The normalized spacial score (nSPS) is 12.9. The summed E-state index contributed by atoms with van der Waals surface area (Å²) in [6, 6.07) is 7.83. The van der Waals surface area contributed by atoms with Gasteiger partial charge in [-0.3, -0.25) is 4.98 Å². The van der Waals surface area contributed by atoms with Crippen molar-refractivity contribution in [2.24, 2.45) is 0 Å². The molecule has 0 amide bonds. The lowest BCUT2D eigenvalue weighted by Crippen LogP contribution is -2.40. The molecule has 0 fully saturated rings. The van der Waals surface area contributed by atoms with Gasteiger partial charge in [-0.15, -0.1) is 0 Å². The Labute approximate surface area is 120 Å². The topological polar surface area (TPSA) is 33.1 Å². The third-order valence-corrected chi connectivity index (χ3v) is 7.91. The lowest BCUT2D eigenvalue weighted by atomic mass is 9.99. The van der Waals surface area contributed by atoms with Crippen LogP contribution in [-0.4, -0.2) is 18.1 Å². The molecule has 0 bridgehead atoms. The number of halogens is 1. The molecule has 0 aliphatic heterocycles. The summed E-state index contributed by atoms with van der Waals surface area (Å²) in [4.78, 5) is 14.9. The van der Waals surface area contributed by atoms with E-state index in [1.54, 1.807) is 6.20 Å². The molecule has 2 nitrogen and oxygen atoms in total. The molecular formula is C15H20ClNOSi. The zero-order valence-electron chi connectivity index (χ0n) is 11.9. The van der Waals surface area contributed by atoms with Gasteiger partial charge >= 0.3 is 0 Å². The standard InChI is InChI=1S/C15H20ClNOSi/c1-15(2,19(3,4)18)10-11-7-8-13(16)12-6-5-9-17-14(11)12/h5-9,18H,10H2,1-4H3. The zero-order valence-corrected chi connectivity index (χ0v) is 13.6. The zero-order chi connectivity index (χ0) is 14.3. The summed E-state index contributed by atoms with van der Waals surface area (Å²) in [5.74, 6) is 0. The summed E-state index contributed by atoms with van der Waals surface area (Å²) >= 11 is 6.21. The van der Waals surface area contributed by atoms with Gasteiger partial charge in [-0.1, -0.05) is 31.5 Å². The average Bonchev–Trinajstić information content (AvgIpc) is 2.32. The Hall–Kier alpha value is -0.903. The van der Waals surface area contributed by atoms with Crippen LogP contribution in [0.25, 0.3) is 10.9 Å².